The van der Waals surface area contributed by atoms with Crippen LogP contribution in [0.3, 0.4) is 0 Å². The second kappa shape index (κ2) is 8.56. The van der Waals surface area contributed by atoms with Crippen LogP contribution in [0.25, 0.3) is 11.0 Å². The molecule has 0 radical (unpaired) electrons. The van der Waals surface area contributed by atoms with Gasteiger partial charge < -0.3 is 15.0 Å². The van der Waals surface area contributed by atoms with Crippen LogP contribution < -0.4 is 10.1 Å². The average molecular weight is 332 g/mol. The van der Waals surface area contributed by atoms with E-state index in [0.717, 1.165) is 29.6 Å². The molecule has 0 saturated heterocycles. The van der Waals surface area contributed by atoms with Gasteiger partial charge in [-0.25, -0.2) is 4.98 Å². The third kappa shape index (κ3) is 4.71. The second-order valence-corrected chi connectivity index (χ2v) is 5.60. The van der Waals surface area contributed by atoms with E-state index >= 15 is 0 Å². The summed E-state index contributed by atoms with van der Waals surface area (Å²) in [5, 5.41) is 3.75. The summed E-state index contributed by atoms with van der Waals surface area (Å²) < 4.78 is 6.18. The maximum absolute atomic E-state index is 6.18. The Morgan fingerprint density at radius 1 is 1.48 bits per heavy atom. The van der Waals surface area contributed by atoms with Gasteiger partial charge in [0.25, 0.3) is 0 Å². The lowest BCUT2D eigenvalue weighted by molar-refractivity contribution is 0.233. The molecule has 0 bridgehead atoms. The minimum absolute atomic E-state index is 0.151. The number of aromatic nitrogens is 2. The van der Waals surface area contributed by atoms with Crippen molar-refractivity contribution >= 4 is 22.6 Å². The predicted molar refractivity (Wildman–Crippen MR) is 97.2 cm³/mol. The highest BCUT2D eigenvalue weighted by Gasteiger charge is 2.16. The molecule has 0 aliphatic rings. The van der Waals surface area contributed by atoms with Crippen molar-refractivity contribution in [3.63, 3.8) is 0 Å². The molecule has 2 rings (SSSR count). The highest BCUT2D eigenvalue weighted by molar-refractivity contribution is 6.31. The second-order valence-electron chi connectivity index (χ2n) is 5.16. The topological polar surface area (TPSA) is 49.9 Å². The van der Waals surface area contributed by atoms with Crippen LogP contribution in [0.4, 0.5) is 0 Å². The number of allylic oxidation sites excluding steroid dienone is 3. The zero-order chi connectivity index (χ0) is 16.7. The lowest BCUT2D eigenvalue weighted by Crippen LogP contribution is -2.23. The fourth-order valence-corrected chi connectivity index (χ4v) is 2.43. The molecule has 2 N–H and O–H groups in total. The van der Waals surface area contributed by atoms with Crippen molar-refractivity contribution in [2.45, 2.75) is 19.4 Å². The lowest BCUT2D eigenvalue weighted by atomic mass is 10.1. The van der Waals surface area contributed by atoms with Crippen molar-refractivity contribution in [1.82, 2.24) is 15.3 Å². The van der Waals surface area contributed by atoms with Gasteiger partial charge in [0.15, 0.2) is 0 Å². The van der Waals surface area contributed by atoms with Crippen LogP contribution in [-0.4, -0.2) is 29.7 Å². The number of halogens is 1. The smallest absolute Gasteiger partial charge is 0.149 e. The van der Waals surface area contributed by atoms with E-state index in [9.17, 15) is 0 Å². The van der Waals surface area contributed by atoms with Crippen LogP contribution in [0.15, 0.2) is 54.9 Å². The number of hydrogen-bond donors (Lipinski definition) is 2. The van der Waals surface area contributed by atoms with Gasteiger partial charge in [-0.05, 0) is 32.2 Å². The Morgan fingerprint density at radius 3 is 3.04 bits per heavy atom. The zero-order valence-corrected chi connectivity index (χ0v) is 14.2. The largest absolute Gasteiger partial charge is 0.483 e. The van der Waals surface area contributed by atoms with E-state index in [1.807, 2.05) is 44.3 Å². The Kier molecular flexibility index (Phi) is 6.44. The van der Waals surface area contributed by atoms with Crippen molar-refractivity contribution in [3.05, 3.63) is 59.9 Å². The summed E-state index contributed by atoms with van der Waals surface area (Å²) in [5.74, 6) is 0.662. The maximum atomic E-state index is 6.18. The molecule has 23 heavy (non-hydrogen) atoms. The maximum Gasteiger partial charge on any atom is 0.149 e. The van der Waals surface area contributed by atoms with Crippen molar-refractivity contribution in [1.29, 1.82) is 0 Å². The van der Waals surface area contributed by atoms with Gasteiger partial charge in [-0.2, -0.15) is 0 Å². The minimum Gasteiger partial charge on any atom is -0.483 e. The predicted octanol–water partition coefficient (Wildman–Crippen LogP) is 4.26. The van der Waals surface area contributed by atoms with Gasteiger partial charge in [-0.1, -0.05) is 42.5 Å². The first-order valence-corrected chi connectivity index (χ1v) is 7.95. The number of imidazole rings is 1. The van der Waals surface area contributed by atoms with Gasteiger partial charge in [0.05, 0.1) is 11.8 Å². The molecule has 0 saturated carbocycles. The van der Waals surface area contributed by atoms with Gasteiger partial charge >= 0.3 is 0 Å². The molecule has 1 aromatic heterocycles. The summed E-state index contributed by atoms with van der Waals surface area (Å²) in [7, 11) is 1.92. The Hall–Kier alpha value is -2.04. The highest BCUT2D eigenvalue weighted by Crippen LogP contribution is 2.29. The molecule has 0 aliphatic heterocycles. The van der Waals surface area contributed by atoms with Gasteiger partial charge in [-0.15, -0.1) is 0 Å². The van der Waals surface area contributed by atoms with Crippen LogP contribution >= 0.6 is 11.6 Å². The highest BCUT2D eigenvalue weighted by atomic mass is 35.5. The number of rotatable bonds is 8. The van der Waals surface area contributed by atoms with Crippen molar-refractivity contribution in [2.24, 2.45) is 0 Å². The number of hydrogen-bond acceptors (Lipinski definition) is 3. The SMILES string of the molecule is C=C(/C=C\C=C/C)[C@@H](CCNC)Oc1cc(Cl)cc2[nH]cnc12. The van der Waals surface area contributed by atoms with Crippen LogP contribution in [0, 0.1) is 0 Å². The van der Waals surface area contributed by atoms with E-state index in [0.29, 0.717) is 10.8 Å². The molecule has 0 aliphatic carbocycles. The molecule has 0 fully saturated rings. The Morgan fingerprint density at radius 2 is 2.30 bits per heavy atom. The average Bonchev–Trinajstić information content (AvgIpc) is 2.99. The molecule has 1 aromatic carbocycles. The Bertz CT molecular complexity index is 718. The van der Waals surface area contributed by atoms with Crippen LogP contribution in [0.1, 0.15) is 13.3 Å². The first kappa shape index (κ1) is 17.3. The van der Waals surface area contributed by atoms with Crippen LogP contribution in [0.5, 0.6) is 5.75 Å². The van der Waals surface area contributed by atoms with E-state index in [1.165, 1.54) is 0 Å². The van der Waals surface area contributed by atoms with Gasteiger partial charge in [0.1, 0.15) is 17.4 Å². The number of nitrogens with zero attached hydrogens (tertiary/aromatic N) is 1. The van der Waals surface area contributed by atoms with Crippen molar-refractivity contribution in [2.75, 3.05) is 13.6 Å². The zero-order valence-electron chi connectivity index (χ0n) is 13.5. The molecule has 1 heterocycles. The summed E-state index contributed by atoms with van der Waals surface area (Å²) in [6.45, 7) is 6.93. The van der Waals surface area contributed by atoms with E-state index in [2.05, 4.69) is 21.9 Å². The number of ether oxygens (including phenoxy) is 1. The third-order valence-electron chi connectivity index (χ3n) is 3.41. The summed E-state index contributed by atoms with van der Waals surface area (Å²) >= 11 is 6.16. The number of fused-ring (bicyclic) bond motifs is 1. The van der Waals surface area contributed by atoms with Crippen LogP contribution in [0.2, 0.25) is 5.02 Å². The normalized spacial score (nSPS) is 13.2. The molecule has 4 nitrogen and oxygen atoms in total. The molecular formula is C18H22ClN3O. The lowest BCUT2D eigenvalue weighted by Gasteiger charge is -2.20. The van der Waals surface area contributed by atoms with E-state index in [4.69, 9.17) is 16.3 Å². The van der Waals surface area contributed by atoms with E-state index in [1.54, 1.807) is 12.4 Å². The molecular weight excluding hydrogens is 310 g/mol. The monoisotopic (exact) mass is 331 g/mol. The molecule has 122 valence electrons. The number of nitrogens with one attached hydrogen (secondary N) is 2. The van der Waals surface area contributed by atoms with Crippen molar-refractivity contribution in [3.8, 4) is 5.75 Å². The summed E-state index contributed by atoms with van der Waals surface area (Å²) in [6.07, 6.45) is 10.1. The van der Waals surface area contributed by atoms with Crippen molar-refractivity contribution < 1.29 is 4.74 Å². The first-order chi connectivity index (χ1) is 11.2. The summed E-state index contributed by atoms with van der Waals surface area (Å²) in [6, 6.07) is 3.63. The number of H-pyrrole nitrogens is 1. The van der Waals surface area contributed by atoms with Gasteiger partial charge in [0.2, 0.25) is 0 Å². The molecule has 0 spiro atoms. The van der Waals surface area contributed by atoms with Gasteiger partial charge in [0, 0.05) is 17.5 Å². The summed E-state index contributed by atoms with van der Waals surface area (Å²) in [4.78, 5) is 7.37. The van der Waals surface area contributed by atoms with Gasteiger partial charge in [-0.3, -0.25) is 0 Å². The van der Waals surface area contributed by atoms with Crippen LogP contribution in [-0.2, 0) is 0 Å². The molecule has 1 atom stereocenters. The molecule has 0 unspecified atom stereocenters. The fourth-order valence-electron chi connectivity index (χ4n) is 2.22. The fraction of sp³-hybridized carbons (Fsp3) is 0.278. The third-order valence-corrected chi connectivity index (χ3v) is 3.62. The molecule has 2 aromatic rings. The molecule has 0 amide bonds. The van der Waals surface area contributed by atoms with E-state index in [-0.39, 0.29) is 6.10 Å². The standard InChI is InChI=1S/C18H22ClN3O/c1-4-5-6-7-13(2)16(8-9-20-3)23-17-11-14(19)10-15-18(17)22-12-21-15/h4-7,10-12,16,20H,2,8-9H2,1,3H3,(H,21,22)/b5-4-,7-6-/t16-/m1/s1. The summed E-state index contributed by atoms with van der Waals surface area (Å²) in [5.41, 5.74) is 2.53. The number of benzene rings is 1. The van der Waals surface area contributed by atoms with E-state index < -0.39 is 0 Å². The minimum atomic E-state index is -0.151. The quantitative estimate of drug-likeness (QED) is 0.710. The first-order valence-electron chi connectivity index (χ1n) is 7.57. The Balaban J connectivity index is 2.25. The molecule has 5 heteroatoms. The Labute approximate surface area is 141 Å². The number of aromatic amines is 1.